The van der Waals surface area contributed by atoms with Crippen LogP contribution >= 0.6 is 0 Å². The first kappa shape index (κ1) is 11.0. The highest BCUT2D eigenvalue weighted by molar-refractivity contribution is 5.79. The molecular formula is C13H23NO. The lowest BCUT2D eigenvalue weighted by Gasteiger charge is -2.38. The molecule has 15 heavy (non-hydrogen) atoms. The van der Waals surface area contributed by atoms with E-state index in [0.717, 1.165) is 13.0 Å². The Hall–Kier alpha value is -0.530. The molecule has 1 amide bonds. The van der Waals surface area contributed by atoms with Gasteiger partial charge in [0.2, 0.25) is 5.91 Å². The van der Waals surface area contributed by atoms with Crippen molar-refractivity contribution in [3.8, 4) is 0 Å². The molecule has 1 N–H and O–H groups in total. The number of hydrogen-bond donors (Lipinski definition) is 1. The Morgan fingerprint density at radius 3 is 2.47 bits per heavy atom. The molecule has 2 rings (SSSR count). The van der Waals surface area contributed by atoms with Gasteiger partial charge in [-0.05, 0) is 49.9 Å². The van der Waals surface area contributed by atoms with E-state index in [0.29, 0.717) is 23.2 Å². The molecule has 1 heterocycles. The van der Waals surface area contributed by atoms with Gasteiger partial charge in [-0.3, -0.25) is 4.79 Å². The fourth-order valence-electron chi connectivity index (χ4n) is 3.07. The molecule has 0 bridgehead atoms. The van der Waals surface area contributed by atoms with E-state index in [1.807, 2.05) is 0 Å². The van der Waals surface area contributed by atoms with Crippen LogP contribution in [0.2, 0.25) is 0 Å². The van der Waals surface area contributed by atoms with Crippen LogP contribution in [0.1, 0.15) is 52.4 Å². The summed E-state index contributed by atoms with van der Waals surface area (Å²) in [4.78, 5) is 11.7. The summed E-state index contributed by atoms with van der Waals surface area (Å²) in [5, 5.41) is 3.01. The Morgan fingerprint density at radius 2 is 1.87 bits per heavy atom. The monoisotopic (exact) mass is 209 g/mol. The molecule has 2 aliphatic rings. The van der Waals surface area contributed by atoms with Crippen LogP contribution in [0.4, 0.5) is 0 Å². The zero-order valence-corrected chi connectivity index (χ0v) is 10.0. The molecule has 1 atom stereocenters. The van der Waals surface area contributed by atoms with Gasteiger partial charge in [0.1, 0.15) is 0 Å². The summed E-state index contributed by atoms with van der Waals surface area (Å²) in [5.74, 6) is 1.32. The van der Waals surface area contributed by atoms with Crippen molar-refractivity contribution in [2.24, 2.45) is 17.3 Å². The van der Waals surface area contributed by atoms with Gasteiger partial charge in [0, 0.05) is 12.5 Å². The fraction of sp³-hybridized carbons (Fsp3) is 0.923. The van der Waals surface area contributed by atoms with Gasteiger partial charge < -0.3 is 5.32 Å². The van der Waals surface area contributed by atoms with Gasteiger partial charge in [0.25, 0.3) is 0 Å². The number of amides is 1. The Balaban J connectivity index is 1.92. The Labute approximate surface area is 92.8 Å². The predicted molar refractivity (Wildman–Crippen MR) is 61.5 cm³/mol. The standard InChI is InChI=1S/C13H23NO/c1-13(2)7-5-10(6-8-13)11-4-3-9-14-12(11)15/h10-11H,3-9H2,1-2H3,(H,14,15)/t11-/m1/s1. The van der Waals surface area contributed by atoms with Crippen LogP contribution in [0, 0.1) is 17.3 Å². The van der Waals surface area contributed by atoms with E-state index in [9.17, 15) is 4.79 Å². The third-order valence-corrected chi connectivity index (χ3v) is 4.28. The van der Waals surface area contributed by atoms with Gasteiger partial charge in [-0.15, -0.1) is 0 Å². The minimum Gasteiger partial charge on any atom is -0.356 e. The van der Waals surface area contributed by atoms with Crippen molar-refractivity contribution < 1.29 is 4.79 Å². The van der Waals surface area contributed by atoms with Crippen molar-refractivity contribution in [3.63, 3.8) is 0 Å². The molecule has 1 saturated carbocycles. The molecular weight excluding hydrogens is 186 g/mol. The van der Waals surface area contributed by atoms with Gasteiger partial charge >= 0.3 is 0 Å². The molecule has 2 nitrogen and oxygen atoms in total. The lowest BCUT2D eigenvalue weighted by atomic mass is 9.68. The number of carbonyl (C=O) groups excluding carboxylic acids is 1. The summed E-state index contributed by atoms with van der Waals surface area (Å²) in [6.07, 6.45) is 7.40. The Bertz CT molecular complexity index is 237. The minimum atomic E-state index is 0.325. The van der Waals surface area contributed by atoms with E-state index in [1.165, 1.54) is 32.1 Å². The SMILES string of the molecule is CC1(C)CCC([C@H]2CCCNC2=O)CC1. The number of piperidine rings is 1. The molecule has 1 aliphatic heterocycles. The van der Waals surface area contributed by atoms with Crippen LogP contribution in [-0.4, -0.2) is 12.5 Å². The molecule has 1 aliphatic carbocycles. The number of nitrogens with one attached hydrogen (secondary N) is 1. The van der Waals surface area contributed by atoms with E-state index in [4.69, 9.17) is 0 Å². The number of hydrogen-bond acceptors (Lipinski definition) is 1. The highest BCUT2D eigenvalue weighted by atomic mass is 16.1. The minimum absolute atomic E-state index is 0.325. The molecule has 0 spiro atoms. The van der Waals surface area contributed by atoms with E-state index in [2.05, 4.69) is 19.2 Å². The molecule has 86 valence electrons. The van der Waals surface area contributed by atoms with E-state index < -0.39 is 0 Å². The molecule has 0 radical (unpaired) electrons. The summed E-state index contributed by atoms with van der Waals surface area (Å²) in [6, 6.07) is 0. The maximum atomic E-state index is 11.7. The van der Waals surface area contributed by atoms with Gasteiger partial charge in [0.15, 0.2) is 0 Å². The molecule has 2 fully saturated rings. The topological polar surface area (TPSA) is 29.1 Å². The van der Waals surface area contributed by atoms with E-state index in [-0.39, 0.29) is 0 Å². The van der Waals surface area contributed by atoms with Crippen LogP contribution in [0.5, 0.6) is 0 Å². The molecule has 0 aromatic heterocycles. The number of carbonyl (C=O) groups is 1. The van der Waals surface area contributed by atoms with Crippen molar-refractivity contribution in [1.82, 2.24) is 5.32 Å². The average molecular weight is 209 g/mol. The lowest BCUT2D eigenvalue weighted by Crippen LogP contribution is -2.41. The maximum absolute atomic E-state index is 11.7. The summed E-state index contributed by atoms with van der Waals surface area (Å²) in [6.45, 7) is 5.60. The second kappa shape index (κ2) is 4.15. The van der Waals surface area contributed by atoms with Gasteiger partial charge in [-0.2, -0.15) is 0 Å². The summed E-state index contributed by atoms with van der Waals surface area (Å²) >= 11 is 0. The van der Waals surface area contributed by atoms with Gasteiger partial charge in [-0.1, -0.05) is 13.8 Å². The third kappa shape index (κ3) is 2.53. The third-order valence-electron chi connectivity index (χ3n) is 4.28. The highest BCUT2D eigenvalue weighted by Gasteiger charge is 2.35. The largest absolute Gasteiger partial charge is 0.356 e. The molecule has 2 heteroatoms. The normalized spacial score (nSPS) is 32.4. The molecule has 0 aromatic rings. The fourth-order valence-corrected chi connectivity index (χ4v) is 3.07. The summed E-state index contributed by atoms with van der Waals surface area (Å²) in [5.41, 5.74) is 0.516. The van der Waals surface area contributed by atoms with E-state index in [1.54, 1.807) is 0 Å². The zero-order valence-electron chi connectivity index (χ0n) is 10.0. The lowest BCUT2D eigenvalue weighted by molar-refractivity contribution is -0.129. The van der Waals surface area contributed by atoms with Crippen LogP contribution in [-0.2, 0) is 4.79 Å². The van der Waals surface area contributed by atoms with Crippen molar-refractivity contribution in [2.45, 2.75) is 52.4 Å². The highest BCUT2D eigenvalue weighted by Crippen LogP contribution is 2.42. The molecule has 1 saturated heterocycles. The predicted octanol–water partition coefficient (Wildman–Crippen LogP) is 2.73. The van der Waals surface area contributed by atoms with Gasteiger partial charge in [-0.25, -0.2) is 0 Å². The van der Waals surface area contributed by atoms with Crippen molar-refractivity contribution in [2.75, 3.05) is 6.54 Å². The van der Waals surface area contributed by atoms with Crippen LogP contribution in [0.3, 0.4) is 0 Å². The van der Waals surface area contributed by atoms with Crippen LogP contribution in [0.15, 0.2) is 0 Å². The Morgan fingerprint density at radius 1 is 1.20 bits per heavy atom. The second-order valence-corrected chi connectivity index (χ2v) is 6.04. The average Bonchev–Trinajstić information content (AvgIpc) is 2.19. The first-order chi connectivity index (χ1) is 7.08. The second-order valence-electron chi connectivity index (χ2n) is 6.04. The first-order valence-corrected chi connectivity index (χ1v) is 6.36. The first-order valence-electron chi connectivity index (χ1n) is 6.36. The maximum Gasteiger partial charge on any atom is 0.223 e. The van der Waals surface area contributed by atoms with Crippen LogP contribution in [0.25, 0.3) is 0 Å². The quantitative estimate of drug-likeness (QED) is 0.707. The van der Waals surface area contributed by atoms with Gasteiger partial charge in [0.05, 0.1) is 0 Å². The summed E-state index contributed by atoms with van der Waals surface area (Å²) in [7, 11) is 0. The Kier molecular flexibility index (Phi) is 3.03. The molecule has 0 aromatic carbocycles. The van der Waals surface area contributed by atoms with E-state index >= 15 is 0 Å². The summed E-state index contributed by atoms with van der Waals surface area (Å²) < 4.78 is 0. The zero-order chi connectivity index (χ0) is 10.9. The van der Waals surface area contributed by atoms with Crippen molar-refractivity contribution >= 4 is 5.91 Å². The smallest absolute Gasteiger partial charge is 0.223 e. The van der Waals surface area contributed by atoms with Crippen molar-refractivity contribution in [1.29, 1.82) is 0 Å². The molecule has 0 unspecified atom stereocenters. The number of rotatable bonds is 1. The van der Waals surface area contributed by atoms with Crippen LogP contribution < -0.4 is 5.32 Å². The van der Waals surface area contributed by atoms with Crippen molar-refractivity contribution in [3.05, 3.63) is 0 Å².